The fraction of sp³-hybridized carbons (Fsp3) is 0.355. The van der Waals surface area contributed by atoms with Crippen LogP contribution in [0.25, 0.3) is 22.2 Å². The molecule has 0 fully saturated rings. The Hall–Kier alpha value is -4.40. The van der Waals surface area contributed by atoms with E-state index in [1.54, 1.807) is 40.9 Å². The van der Waals surface area contributed by atoms with Gasteiger partial charge < -0.3 is 24.3 Å². The lowest BCUT2D eigenvalue weighted by molar-refractivity contribution is -0.158. The zero-order chi connectivity index (χ0) is 29.0. The zero-order valence-corrected chi connectivity index (χ0v) is 23.5. The van der Waals surface area contributed by atoms with Crippen molar-refractivity contribution in [1.82, 2.24) is 10.3 Å². The summed E-state index contributed by atoms with van der Waals surface area (Å²) < 4.78 is 22.1. The van der Waals surface area contributed by atoms with Crippen LogP contribution in [0, 0.1) is 5.92 Å². The third-order valence-corrected chi connectivity index (χ3v) is 6.39. The number of benzene rings is 2. The Morgan fingerprint density at radius 2 is 1.75 bits per heavy atom. The van der Waals surface area contributed by atoms with Crippen LogP contribution < -0.4 is 14.8 Å². The number of carbonyl (C=O) groups is 3. The van der Waals surface area contributed by atoms with Crippen LogP contribution in [-0.2, 0) is 23.9 Å². The van der Waals surface area contributed by atoms with Gasteiger partial charge in [0.05, 0.1) is 31.3 Å². The van der Waals surface area contributed by atoms with Crippen molar-refractivity contribution in [3.8, 4) is 22.8 Å². The maximum absolute atomic E-state index is 13.2. The van der Waals surface area contributed by atoms with E-state index in [-0.39, 0.29) is 12.0 Å². The molecule has 0 spiro atoms. The molecule has 9 heteroatoms. The highest BCUT2D eigenvalue weighted by molar-refractivity contribution is 5.99. The molecule has 40 heavy (non-hydrogen) atoms. The number of fused-ring (bicyclic) bond motifs is 1. The van der Waals surface area contributed by atoms with Crippen molar-refractivity contribution < 1.29 is 33.3 Å². The van der Waals surface area contributed by atoms with Crippen molar-refractivity contribution in [1.29, 1.82) is 0 Å². The first-order valence-corrected chi connectivity index (χ1v) is 13.0. The number of rotatable bonds is 8. The van der Waals surface area contributed by atoms with E-state index in [0.717, 1.165) is 10.9 Å². The van der Waals surface area contributed by atoms with Crippen LogP contribution in [0.4, 0.5) is 0 Å². The number of nitrogens with zero attached hydrogens (tertiary/aromatic N) is 1. The Kier molecular flexibility index (Phi) is 8.42. The molecular formula is C31H34N2O7. The van der Waals surface area contributed by atoms with Crippen molar-refractivity contribution in [3.05, 3.63) is 66.2 Å². The van der Waals surface area contributed by atoms with Crippen molar-refractivity contribution in [2.75, 3.05) is 14.2 Å². The normalized spacial score (nSPS) is 17.5. The van der Waals surface area contributed by atoms with Crippen molar-refractivity contribution >= 4 is 28.7 Å². The molecule has 4 rings (SSSR count). The van der Waals surface area contributed by atoms with Gasteiger partial charge in [-0.15, -0.1) is 0 Å². The van der Waals surface area contributed by atoms with Gasteiger partial charge in [0.2, 0.25) is 5.91 Å². The highest BCUT2D eigenvalue weighted by Crippen LogP contribution is 2.36. The topological polar surface area (TPSA) is 113 Å². The summed E-state index contributed by atoms with van der Waals surface area (Å²) >= 11 is 0. The van der Waals surface area contributed by atoms with Crippen molar-refractivity contribution in [2.24, 2.45) is 5.92 Å². The summed E-state index contributed by atoms with van der Waals surface area (Å²) in [6.45, 7) is 6.79. The first-order valence-electron chi connectivity index (χ1n) is 13.0. The second-order valence-corrected chi connectivity index (χ2v) is 10.6. The number of methoxy groups -OCH3 is 2. The smallest absolute Gasteiger partial charge is 0.334 e. The van der Waals surface area contributed by atoms with E-state index in [1.165, 1.54) is 7.11 Å². The van der Waals surface area contributed by atoms with Gasteiger partial charge in [0.1, 0.15) is 29.2 Å². The largest absolute Gasteiger partial charge is 0.497 e. The lowest BCUT2D eigenvalue weighted by Gasteiger charge is -2.24. The lowest BCUT2D eigenvalue weighted by atomic mass is 10.00. The fourth-order valence-electron chi connectivity index (χ4n) is 4.49. The molecule has 0 radical (unpaired) electrons. The van der Waals surface area contributed by atoms with Gasteiger partial charge in [0.15, 0.2) is 0 Å². The summed E-state index contributed by atoms with van der Waals surface area (Å²) in [6, 6.07) is 16.1. The van der Waals surface area contributed by atoms with Gasteiger partial charge in [-0.2, -0.15) is 0 Å². The highest BCUT2D eigenvalue weighted by Gasteiger charge is 2.38. The van der Waals surface area contributed by atoms with Gasteiger partial charge in [0.25, 0.3) is 0 Å². The first kappa shape index (κ1) is 28.6. The number of aromatic nitrogens is 1. The Morgan fingerprint density at radius 1 is 1.02 bits per heavy atom. The average Bonchev–Trinajstić information content (AvgIpc) is 3.35. The van der Waals surface area contributed by atoms with Gasteiger partial charge in [-0.25, -0.2) is 14.6 Å². The van der Waals surface area contributed by atoms with E-state index < -0.39 is 41.5 Å². The maximum Gasteiger partial charge on any atom is 0.334 e. The molecule has 0 bridgehead atoms. The zero-order valence-electron chi connectivity index (χ0n) is 23.5. The Bertz CT molecular complexity index is 1440. The summed E-state index contributed by atoms with van der Waals surface area (Å²) in [7, 11) is 2.84. The van der Waals surface area contributed by atoms with E-state index in [1.807, 2.05) is 54.6 Å². The summed E-state index contributed by atoms with van der Waals surface area (Å²) in [5.74, 6) is -1.37. The maximum atomic E-state index is 13.2. The Balaban J connectivity index is 1.62. The number of nitrogens with one attached hydrogen (secondary N) is 1. The fourth-order valence-corrected chi connectivity index (χ4v) is 4.49. The van der Waals surface area contributed by atoms with Crippen LogP contribution in [0.2, 0.25) is 0 Å². The number of amides is 1. The molecule has 1 aromatic heterocycles. The van der Waals surface area contributed by atoms with Gasteiger partial charge in [-0.05, 0) is 45.9 Å². The third-order valence-electron chi connectivity index (χ3n) is 6.39. The molecule has 2 aromatic carbocycles. The molecule has 1 aliphatic carbocycles. The van der Waals surface area contributed by atoms with E-state index >= 15 is 0 Å². The summed E-state index contributed by atoms with van der Waals surface area (Å²) in [4.78, 5) is 43.1. The summed E-state index contributed by atoms with van der Waals surface area (Å²) in [5.41, 5.74) is 1.75. The average molecular weight is 547 g/mol. The second kappa shape index (κ2) is 11.8. The number of hydrogen-bond acceptors (Lipinski definition) is 8. The van der Waals surface area contributed by atoms with Gasteiger partial charge >= 0.3 is 11.9 Å². The first-order chi connectivity index (χ1) is 19.0. The van der Waals surface area contributed by atoms with Crippen molar-refractivity contribution in [2.45, 2.75) is 51.9 Å². The van der Waals surface area contributed by atoms with Gasteiger partial charge in [-0.3, -0.25) is 4.79 Å². The summed E-state index contributed by atoms with van der Waals surface area (Å²) in [5, 5.41) is 3.42. The van der Waals surface area contributed by atoms with Crippen LogP contribution in [0.3, 0.4) is 0 Å². The van der Waals surface area contributed by atoms with Crippen LogP contribution >= 0.6 is 0 Å². The van der Waals surface area contributed by atoms with E-state index in [2.05, 4.69) is 5.32 Å². The molecule has 1 aliphatic rings. The quantitative estimate of drug-likeness (QED) is 0.407. The lowest BCUT2D eigenvalue weighted by Crippen LogP contribution is -2.45. The molecule has 2 unspecified atom stereocenters. The standard InChI is InChI=1S/C31H34N2O7/c1-18(29(35)40-31(2,3)4)32-28(34)23-14-21(15-24(23)30(36)38-6)39-27-17-25(19-10-8-7-9-11-19)33-26-16-20(37-5)12-13-22(26)27/h7-13,15-18,21,23H,14H2,1-6H3,(H,32,34)/t18-,21?,23?/m0/s1. The molecule has 1 heterocycles. The van der Waals surface area contributed by atoms with Crippen LogP contribution in [0.1, 0.15) is 34.1 Å². The predicted molar refractivity (Wildman–Crippen MR) is 150 cm³/mol. The second-order valence-electron chi connectivity index (χ2n) is 10.6. The molecule has 210 valence electrons. The minimum atomic E-state index is -0.904. The van der Waals surface area contributed by atoms with Crippen molar-refractivity contribution in [3.63, 3.8) is 0 Å². The molecular weight excluding hydrogens is 512 g/mol. The number of carbonyl (C=O) groups excluding carboxylic acids is 3. The van der Waals surface area contributed by atoms with E-state index in [9.17, 15) is 14.4 Å². The number of hydrogen-bond donors (Lipinski definition) is 1. The van der Waals surface area contributed by atoms with Crippen LogP contribution in [-0.4, -0.2) is 54.8 Å². The number of pyridine rings is 1. The molecule has 3 aromatic rings. The Labute approximate surface area is 233 Å². The highest BCUT2D eigenvalue weighted by atomic mass is 16.6. The number of esters is 2. The minimum Gasteiger partial charge on any atom is -0.497 e. The molecule has 1 amide bonds. The SMILES string of the molecule is COC(=O)C1=CC(Oc2cc(-c3ccccc3)nc3cc(OC)ccc23)CC1C(=O)N[C@@H](C)C(=O)OC(C)(C)C. The van der Waals surface area contributed by atoms with E-state index in [4.69, 9.17) is 23.9 Å². The third kappa shape index (κ3) is 6.59. The predicted octanol–water partition coefficient (Wildman–Crippen LogP) is 4.62. The Morgan fingerprint density at radius 3 is 2.40 bits per heavy atom. The molecule has 3 atom stereocenters. The van der Waals surface area contributed by atoms with Gasteiger partial charge in [0, 0.05) is 35.1 Å². The molecule has 0 saturated heterocycles. The summed E-state index contributed by atoms with van der Waals surface area (Å²) in [6.07, 6.45) is 1.17. The van der Waals surface area contributed by atoms with E-state index in [0.29, 0.717) is 22.7 Å². The minimum absolute atomic E-state index is 0.171. The van der Waals surface area contributed by atoms with Gasteiger partial charge in [-0.1, -0.05) is 30.3 Å². The van der Waals surface area contributed by atoms with Crippen LogP contribution in [0.15, 0.2) is 66.2 Å². The molecule has 0 saturated carbocycles. The van der Waals surface area contributed by atoms with Crippen LogP contribution in [0.5, 0.6) is 11.5 Å². The molecule has 0 aliphatic heterocycles. The molecule has 1 N–H and O–H groups in total. The number of ether oxygens (including phenoxy) is 4. The molecule has 9 nitrogen and oxygen atoms in total. The monoisotopic (exact) mass is 546 g/mol.